The molecular weight excluding hydrogens is 460 g/mol. The Kier molecular flexibility index (Phi) is 6.01. The van der Waals surface area contributed by atoms with Crippen molar-refractivity contribution in [2.45, 2.75) is 6.92 Å². The second-order valence-electron chi connectivity index (χ2n) is 6.77. The molecule has 1 N–H and O–H groups in total. The lowest BCUT2D eigenvalue weighted by molar-refractivity contribution is 0.102. The van der Waals surface area contributed by atoms with Gasteiger partial charge in [-0.05, 0) is 49.4 Å². The molecule has 3 aromatic carbocycles. The van der Waals surface area contributed by atoms with Gasteiger partial charge in [-0.15, -0.1) is 0 Å². The summed E-state index contributed by atoms with van der Waals surface area (Å²) in [6, 6.07) is 18.1. The minimum atomic E-state index is -0.540. The van der Waals surface area contributed by atoms with Crippen LogP contribution in [0, 0.1) is 12.7 Å². The van der Waals surface area contributed by atoms with Gasteiger partial charge in [-0.25, -0.2) is 9.07 Å². The van der Waals surface area contributed by atoms with E-state index in [2.05, 4.69) is 10.4 Å². The van der Waals surface area contributed by atoms with E-state index in [1.807, 2.05) is 12.1 Å². The average molecular weight is 475 g/mol. The summed E-state index contributed by atoms with van der Waals surface area (Å²) in [5.74, 6) is -1.08. The van der Waals surface area contributed by atoms with Crippen molar-refractivity contribution in [3.63, 3.8) is 0 Å². The van der Waals surface area contributed by atoms with E-state index >= 15 is 0 Å². The van der Waals surface area contributed by atoms with Gasteiger partial charge in [0.1, 0.15) is 5.82 Å². The maximum Gasteiger partial charge on any atom is 0.276 e. The number of aromatic nitrogens is 2. The molecule has 0 aliphatic carbocycles. The second-order valence-corrected chi connectivity index (χ2v) is 8.05. The predicted molar refractivity (Wildman–Crippen MR) is 123 cm³/mol. The van der Waals surface area contributed by atoms with Crippen molar-refractivity contribution in [3.05, 3.63) is 98.9 Å². The summed E-state index contributed by atoms with van der Waals surface area (Å²) in [4.78, 5) is 13.0. The molecule has 0 aliphatic rings. The molecule has 0 bridgehead atoms. The highest BCUT2D eigenvalue weighted by molar-refractivity contribution is 6.35. The third kappa shape index (κ3) is 4.30. The molecule has 4 nitrogen and oxygen atoms in total. The van der Waals surface area contributed by atoms with Gasteiger partial charge in [0, 0.05) is 21.2 Å². The minimum Gasteiger partial charge on any atom is -0.318 e. The monoisotopic (exact) mass is 473 g/mol. The van der Waals surface area contributed by atoms with Crippen LogP contribution in [0.5, 0.6) is 0 Å². The largest absolute Gasteiger partial charge is 0.318 e. The van der Waals surface area contributed by atoms with E-state index in [9.17, 15) is 9.18 Å². The van der Waals surface area contributed by atoms with E-state index in [1.165, 1.54) is 12.1 Å². The summed E-state index contributed by atoms with van der Waals surface area (Å²) in [5, 5.41) is 8.52. The lowest BCUT2D eigenvalue weighted by Gasteiger charge is -2.11. The fraction of sp³-hybridized carbons (Fsp3) is 0.0435. The molecule has 8 heteroatoms. The van der Waals surface area contributed by atoms with Crippen LogP contribution in [0.3, 0.4) is 0 Å². The summed E-state index contributed by atoms with van der Waals surface area (Å²) in [7, 11) is 0. The zero-order valence-electron chi connectivity index (χ0n) is 16.2. The van der Waals surface area contributed by atoms with Crippen LogP contribution in [-0.2, 0) is 0 Å². The maximum absolute atomic E-state index is 14.0. The van der Waals surface area contributed by atoms with Crippen LogP contribution in [0.1, 0.15) is 16.1 Å². The first-order valence-electron chi connectivity index (χ1n) is 9.22. The first-order valence-corrected chi connectivity index (χ1v) is 10.4. The fourth-order valence-corrected chi connectivity index (χ4v) is 3.84. The predicted octanol–water partition coefficient (Wildman–Crippen LogP) is 7.20. The number of nitrogens with zero attached hydrogens (tertiary/aromatic N) is 2. The van der Waals surface area contributed by atoms with Gasteiger partial charge >= 0.3 is 0 Å². The number of carbonyl (C=O) groups excluding carboxylic acids is 1. The number of para-hydroxylation sites is 1. The zero-order chi connectivity index (χ0) is 22.1. The van der Waals surface area contributed by atoms with Gasteiger partial charge < -0.3 is 5.32 Å². The highest BCUT2D eigenvalue weighted by Crippen LogP contribution is 2.33. The maximum atomic E-state index is 14.0. The highest BCUT2D eigenvalue weighted by Gasteiger charge is 2.24. The quantitative estimate of drug-likeness (QED) is 0.340. The number of hydrogen-bond donors (Lipinski definition) is 1. The summed E-state index contributed by atoms with van der Waals surface area (Å²) < 4.78 is 15.6. The number of rotatable bonds is 4. The Balaban J connectivity index is 1.87. The summed E-state index contributed by atoms with van der Waals surface area (Å²) >= 11 is 18.5. The molecule has 1 heterocycles. The van der Waals surface area contributed by atoms with Crippen molar-refractivity contribution in [3.8, 4) is 16.9 Å². The van der Waals surface area contributed by atoms with E-state index in [-0.39, 0.29) is 11.4 Å². The molecular formula is C23H15Cl3FN3O. The minimum absolute atomic E-state index is 0.0685. The number of carbonyl (C=O) groups is 1. The fourth-order valence-electron chi connectivity index (χ4n) is 3.23. The number of anilines is 1. The van der Waals surface area contributed by atoms with Crippen LogP contribution in [0.25, 0.3) is 16.9 Å². The lowest BCUT2D eigenvalue weighted by Crippen LogP contribution is -2.15. The first-order chi connectivity index (χ1) is 14.8. The Hall–Kier alpha value is -2.86. The van der Waals surface area contributed by atoms with E-state index in [4.69, 9.17) is 34.8 Å². The van der Waals surface area contributed by atoms with E-state index in [0.717, 1.165) is 5.56 Å². The standard InChI is InChI=1S/C23H15Cl3FN3O/c1-13-21(23(31)28-19-5-3-2-4-18(19)27)29-30(20-11-10-16(25)12-17(20)26)22(13)14-6-8-15(24)9-7-14/h2-12H,1H3,(H,28,31). The SMILES string of the molecule is Cc1c(C(=O)Nc2ccccc2F)nn(-c2ccc(Cl)cc2Cl)c1-c1ccc(Cl)cc1. The summed E-state index contributed by atoms with van der Waals surface area (Å²) in [6.07, 6.45) is 0. The Bertz CT molecular complexity index is 1290. The van der Waals surface area contributed by atoms with Crippen molar-refractivity contribution < 1.29 is 9.18 Å². The van der Waals surface area contributed by atoms with Gasteiger partial charge in [0.2, 0.25) is 0 Å². The van der Waals surface area contributed by atoms with Gasteiger partial charge in [0.05, 0.1) is 22.1 Å². The molecule has 0 unspecified atom stereocenters. The highest BCUT2D eigenvalue weighted by atomic mass is 35.5. The molecule has 0 spiro atoms. The molecule has 156 valence electrons. The molecule has 1 aromatic heterocycles. The zero-order valence-corrected chi connectivity index (χ0v) is 18.4. The molecule has 0 aliphatic heterocycles. The molecule has 0 fully saturated rings. The van der Waals surface area contributed by atoms with E-state index < -0.39 is 11.7 Å². The molecule has 1 amide bonds. The smallest absolute Gasteiger partial charge is 0.276 e. The van der Waals surface area contributed by atoms with Gasteiger partial charge in [0.25, 0.3) is 5.91 Å². The van der Waals surface area contributed by atoms with Gasteiger partial charge in [0.15, 0.2) is 5.69 Å². The normalized spacial score (nSPS) is 10.9. The van der Waals surface area contributed by atoms with Crippen LogP contribution >= 0.6 is 34.8 Å². The molecule has 4 rings (SSSR count). The lowest BCUT2D eigenvalue weighted by atomic mass is 10.1. The van der Waals surface area contributed by atoms with Gasteiger partial charge in [-0.3, -0.25) is 4.79 Å². The summed E-state index contributed by atoms with van der Waals surface area (Å²) in [6.45, 7) is 1.77. The topological polar surface area (TPSA) is 46.9 Å². The van der Waals surface area contributed by atoms with Crippen LogP contribution in [0.4, 0.5) is 10.1 Å². The number of halogens is 4. The number of benzene rings is 3. The molecule has 0 atom stereocenters. The van der Waals surface area contributed by atoms with Crippen LogP contribution < -0.4 is 5.32 Å². The molecule has 0 saturated heterocycles. The first kappa shape index (κ1) is 21.4. The Labute approximate surface area is 193 Å². The molecule has 31 heavy (non-hydrogen) atoms. The number of hydrogen-bond acceptors (Lipinski definition) is 2. The number of amides is 1. The van der Waals surface area contributed by atoms with Gasteiger partial charge in [-0.1, -0.05) is 59.1 Å². The van der Waals surface area contributed by atoms with Crippen molar-refractivity contribution in [2.24, 2.45) is 0 Å². The van der Waals surface area contributed by atoms with Gasteiger partial charge in [-0.2, -0.15) is 5.10 Å². The molecule has 0 saturated carbocycles. The summed E-state index contributed by atoms with van der Waals surface area (Å²) in [5.41, 5.74) is 2.79. The van der Waals surface area contributed by atoms with E-state index in [1.54, 1.807) is 54.1 Å². The second kappa shape index (κ2) is 8.71. The molecule has 0 radical (unpaired) electrons. The van der Waals surface area contributed by atoms with Crippen LogP contribution in [0.2, 0.25) is 15.1 Å². The third-order valence-electron chi connectivity index (χ3n) is 4.71. The van der Waals surface area contributed by atoms with Crippen molar-refractivity contribution in [1.29, 1.82) is 0 Å². The van der Waals surface area contributed by atoms with Crippen molar-refractivity contribution >= 4 is 46.4 Å². The Morgan fingerprint density at radius 1 is 0.968 bits per heavy atom. The van der Waals surface area contributed by atoms with Crippen molar-refractivity contribution in [1.82, 2.24) is 9.78 Å². The molecule has 4 aromatic rings. The van der Waals surface area contributed by atoms with E-state index in [0.29, 0.717) is 32.0 Å². The average Bonchev–Trinajstić information content (AvgIpc) is 3.07. The van der Waals surface area contributed by atoms with Crippen molar-refractivity contribution in [2.75, 3.05) is 5.32 Å². The number of nitrogens with one attached hydrogen (secondary N) is 1. The Morgan fingerprint density at radius 2 is 1.65 bits per heavy atom. The third-order valence-corrected chi connectivity index (χ3v) is 5.50. The Morgan fingerprint density at radius 3 is 2.32 bits per heavy atom. The van der Waals surface area contributed by atoms with Crippen LogP contribution in [0.15, 0.2) is 66.7 Å². The van der Waals surface area contributed by atoms with Crippen LogP contribution in [-0.4, -0.2) is 15.7 Å².